The highest BCUT2D eigenvalue weighted by Gasteiger charge is 2.47. The minimum absolute atomic E-state index is 0.151. The SMILES string of the molecule is O=C(C[C@@H]1CCc2ccccc2C1)N1C(=O)O[C@@H](c2ccccc2)[C@H]1c1ccccc1. The van der Waals surface area contributed by atoms with Crippen LogP contribution in [-0.2, 0) is 22.4 Å². The third-order valence-electron chi connectivity index (χ3n) is 6.44. The second-order valence-electron chi connectivity index (χ2n) is 8.42. The predicted molar refractivity (Wildman–Crippen MR) is 118 cm³/mol. The van der Waals surface area contributed by atoms with Gasteiger partial charge in [0.2, 0.25) is 5.91 Å². The number of ether oxygens (including phenoxy) is 1. The Morgan fingerprint density at radius 1 is 0.839 bits per heavy atom. The maximum atomic E-state index is 13.4. The number of fused-ring (bicyclic) bond motifs is 1. The summed E-state index contributed by atoms with van der Waals surface area (Å²) in [6, 6.07) is 27.4. The van der Waals surface area contributed by atoms with Crippen molar-refractivity contribution in [3.8, 4) is 0 Å². The van der Waals surface area contributed by atoms with Gasteiger partial charge in [-0.3, -0.25) is 4.79 Å². The molecule has 4 heteroatoms. The van der Waals surface area contributed by atoms with Crippen LogP contribution in [-0.4, -0.2) is 16.9 Å². The topological polar surface area (TPSA) is 46.6 Å². The van der Waals surface area contributed by atoms with Gasteiger partial charge >= 0.3 is 6.09 Å². The Hall–Kier alpha value is -3.40. The fourth-order valence-electron chi connectivity index (χ4n) is 4.90. The van der Waals surface area contributed by atoms with Crippen molar-refractivity contribution in [2.24, 2.45) is 5.92 Å². The van der Waals surface area contributed by atoms with Crippen molar-refractivity contribution in [2.45, 2.75) is 37.8 Å². The molecule has 0 aromatic heterocycles. The van der Waals surface area contributed by atoms with Crippen LogP contribution >= 0.6 is 0 Å². The number of amides is 2. The highest BCUT2D eigenvalue weighted by atomic mass is 16.6. The third-order valence-corrected chi connectivity index (χ3v) is 6.44. The maximum Gasteiger partial charge on any atom is 0.417 e. The average molecular weight is 412 g/mol. The number of rotatable bonds is 4. The summed E-state index contributed by atoms with van der Waals surface area (Å²) in [5.74, 6) is 0.0871. The van der Waals surface area contributed by atoms with Crippen LogP contribution in [0.1, 0.15) is 47.2 Å². The van der Waals surface area contributed by atoms with Gasteiger partial charge in [0.25, 0.3) is 0 Å². The van der Waals surface area contributed by atoms with Gasteiger partial charge in [0, 0.05) is 6.42 Å². The lowest BCUT2D eigenvalue weighted by Crippen LogP contribution is -2.36. The Morgan fingerprint density at radius 3 is 2.16 bits per heavy atom. The molecule has 3 atom stereocenters. The van der Waals surface area contributed by atoms with E-state index >= 15 is 0 Å². The van der Waals surface area contributed by atoms with Crippen LogP contribution in [0.5, 0.6) is 0 Å². The Bertz CT molecular complexity index is 1080. The van der Waals surface area contributed by atoms with Gasteiger partial charge in [0.15, 0.2) is 6.10 Å². The summed E-state index contributed by atoms with van der Waals surface area (Å²) >= 11 is 0. The number of carbonyl (C=O) groups is 2. The van der Waals surface area contributed by atoms with Crippen LogP contribution in [0.25, 0.3) is 0 Å². The zero-order chi connectivity index (χ0) is 21.2. The number of hydrogen-bond donors (Lipinski definition) is 0. The molecule has 2 aliphatic rings. The van der Waals surface area contributed by atoms with Crippen molar-refractivity contribution >= 4 is 12.0 Å². The number of aryl methyl sites for hydroxylation is 1. The van der Waals surface area contributed by atoms with Crippen LogP contribution in [0, 0.1) is 5.92 Å². The van der Waals surface area contributed by atoms with Gasteiger partial charge in [-0.1, -0.05) is 84.9 Å². The van der Waals surface area contributed by atoms with Crippen molar-refractivity contribution in [2.75, 3.05) is 0 Å². The van der Waals surface area contributed by atoms with Crippen LogP contribution in [0.2, 0.25) is 0 Å². The van der Waals surface area contributed by atoms with Gasteiger partial charge in [-0.05, 0) is 47.4 Å². The fraction of sp³-hybridized carbons (Fsp3) is 0.259. The molecule has 1 heterocycles. The van der Waals surface area contributed by atoms with E-state index in [1.165, 1.54) is 16.0 Å². The molecule has 1 fully saturated rings. The van der Waals surface area contributed by atoms with Crippen LogP contribution in [0.15, 0.2) is 84.9 Å². The van der Waals surface area contributed by atoms with E-state index < -0.39 is 18.2 Å². The Morgan fingerprint density at radius 2 is 1.45 bits per heavy atom. The van der Waals surface area contributed by atoms with E-state index in [-0.39, 0.29) is 11.8 Å². The lowest BCUT2D eigenvalue weighted by atomic mass is 9.82. The molecule has 1 aliphatic carbocycles. The van der Waals surface area contributed by atoms with Crippen LogP contribution in [0.4, 0.5) is 4.79 Å². The second kappa shape index (κ2) is 8.38. The first kappa shape index (κ1) is 19.6. The highest BCUT2D eigenvalue weighted by molar-refractivity contribution is 5.94. The summed E-state index contributed by atoms with van der Waals surface area (Å²) in [5.41, 5.74) is 4.49. The Kier molecular flexibility index (Phi) is 5.29. The Balaban J connectivity index is 1.41. The molecule has 0 unspecified atom stereocenters. The summed E-state index contributed by atoms with van der Waals surface area (Å²) in [7, 11) is 0. The zero-order valence-corrected chi connectivity index (χ0v) is 17.3. The third kappa shape index (κ3) is 3.86. The van der Waals surface area contributed by atoms with Gasteiger partial charge < -0.3 is 4.74 Å². The van der Waals surface area contributed by atoms with E-state index in [4.69, 9.17) is 4.74 Å². The number of benzene rings is 3. The summed E-state index contributed by atoms with van der Waals surface area (Å²) in [6.07, 6.45) is 2.12. The van der Waals surface area contributed by atoms with Gasteiger partial charge in [-0.25, -0.2) is 9.69 Å². The molecular formula is C27H25NO3. The molecule has 5 rings (SSSR count). The van der Waals surface area contributed by atoms with E-state index in [0.29, 0.717) is 6.42 Å². The van der Waals surface area contributed by atoms with Crippen molar-refractivity contribution < 1.29 is 14.3 Å². The Labute approximate surface area is 182 Å². The number of imide groups is 1. The lowest BCUT2D eigenvalue weighted by Gasteiger charge is -2.28. The second-order valence-corrected chi connectivity index (χ2v) is 8.42. The largest absolute Gasteiger partial charge is 0.438 e. The van der Waals surface area contributed by atoms with Crippen molar-refractivity contribution in [3.05, 3.63) is 107 Å². The van der Waals surface area contributed by atoms with Crippen molar-refractivity contribution in [1.82, 2.24) is 4.90 Å². The van der Waals surface area contributed by atoms with Gasteiger partial charge in [0.05, 0.1) is 0 Å². The normalized spacial score (nSPS) is 22.6. The monoisotopic (exact) mass is 411 g/mol. The summed E-state index contributed by atoms with van der Waals surface area (Å²) in [4.78, 5) is 27.7. The number of hydrogen-bond acceptors (Lipinski definition) is 3. The molecule has 1 saturated heterocycles. The maximum absolute atomic E-state index is 13.4. The minimum Gasteiger partial charge on any atom is -0.438 e. The van der Waals surface area contributed by atoms with Gasteiger partial charge in [-0.15, -0.1) is 0 Å². The molecule has 0 bridgehead atoms. The molecule has 3 aromatic rings. The predicted octanol–water partition coefficient (Wildman–Crippen LogP) is 5.64. The minimum atomic E-state index is -0.552. The molecule has 0 saturated carbocycles. The molecule has 1 aliphatic heterocycles. The van der Waals surface area contributed by atoms with E-state index in [9.17, 15) is 9.59 Å². The molecular weight excluding hydrogens is 386 g/mol. The fourth-order valence-corrected chi connectivity index (χ4v) is 4.90. The van der Waals surface area contributed by atoms with E-state index in [0.717, 1.165) is 30.4 Å². The first-order valence-electron chi connectivity index (χ1n) is 10.9. The smallest absolute Gasteiger partial charge is 0.417 e. The average Bonchev–Trinajstić information content (AvgIpc) is 3.17. The summed E-state index contributed by atoms with van der Waals surface area (Å²) < 4.78 is 5.76. The van der Waals surface area contributed by atoms with Crippen molar-refractivity contribution in [3.63, 3.8) is 0 Å². The van der Waals surface area contributed by atoms with E-state index in [1.54, 1.807) is 0 Å². The first-order chi connectivity index (χ1) is 15.2. The summed E-state index contributed by atoms with van der Waals surface area (Å²) in [6.45, 7) is 0. The number of cyclic esters (lactones) is 1. The zero-order valence-electron chi connectivity index (χ0n) is 17.3. The van der Waals surface area contributed by atoms with Crippen LogP contribution in [0.3, 0.4) is 0 Å². The molecule has 156 valence electrons. The molecule has 4 nitrogen and oxygen atoms in total. The highest BCUT2D eigenvalue weighted by Crippen LogP contribution is 2.43. The quantitative estimate of drug-likeness (QED) is 0.558. The lowest BCUT2D eigenvalue weighted by molar-refractivity contribution is -0.130. The molecule has 0 radical (unpaired) electrons. The molecule has 0 spiro atoms. The van der Waals surface area contributed by atoms with Gasteiger partial charge in [-0.2, -0.15) is 0 Å². The first-order valence-corrected chi connectivity index (χ1v) is 10.9. The summed E-state index contributed by atoms with van der Waals surface area (Å²) in [5, 5.41) is 0. The van der Waals surface area contributed by atoms with Crippen LogP contribution < -0.4 is 0 Å². The molecule has 2 amide bonds. The molecule has 31 heavy (non-hydrogen) atoms. The number of nitrogens with zero attached hydrogens (tertiary/aromatic N) is 1. The molecule has 0 N–H and O–H groups in total. The number of carbonyl (C=O) groups excluding carboxylic acids is 2. The van der Waals surface area contributed by atoms with Crippen molar-refractivity contribution in [1.29, 1.82) is 0 Å². The van der Waals surface area contributed by atoms with Gasteiger partial charge in [0.1, 0.15) is 6.04 Å². The molecule has 3 aromatic carbocycles. The van der Waals surface area contributed by atoms with E-state index in [1.807, 2.05) is 60.7 Å². The standard InChI is InChI=1S/C27H25NO3/c29-24(18-19-15-16-20-9-7-8-14-23(20)17-19)28-25(21-10-3-1-4-11-21)26(31-27(28)30)22-12-5-2-6-13-22/h1-14,19,25-26H,15-18H2/t19-,25-,26+/m1/s1. The van der Waals surface area contributed by atoms with E-state index in [2.05, 4.69) is 24.3 Å².